The number of halogens is 4. The van der Waals surface area contributed by atoms with E-state index in [1.807, 2.05) is 0 Å². The Labute approximate surface area is 95.3 Å². The highest BCUT2D eigenvalue weighted by molar-refractivity contribution is 6.40. The SMILES string of the molecule is FC(F)(F)C1=NC=C(c2ccccc2)[C@H]1Cl. The molecule has 0 N–H and O–H groups in total. The Morgan fingerprint density at radius 2 is 1.75 bits per heavy atom. The third-order valence-corrected chi connectivity index (χ3v) is 2.70. The summed E-state index contributed by atoms with van der Waals surface area (Å²) in [5.74, 6) is 0. The van der Waals surface area contributed by atoms with E-state index in [0.29, 0.717) is 11.1 Å². The Hall–Kier alpha value is -1.29. The van der Waals surface area contributed by atoms with Crippen molar-refractivity contribution in [1.82, 2.24) is 0 Å². The highest BCUT2D eigenvalue weighted by atomic mass is 35.5. The van der Waals surface area contributed by atoms with E-state index in [4.69, 9.17) is 11.6 Å². The van der Waals surface area contributed by atoms with Crippen LogP contribution in [0.4, 0.5) is 13.2 Å². The summed E-state index contributed by atoms with van der Waals surface area (Å²) in [5.41, 5.74) is 0.0908. The fourth-order valence-corrected chi connectivity index (χ4v) is 1.85. The van der Waals surface area contributed by atoms with Crippen molar-refractivity contribution >= 4 is 22.9 Å². The molecule has 0 amide bonds. The van der Waals surface area contributed by atoms with Crippen LogP contribution in [0.25, 0.3) is 5.57 Å². The predicted molar refractivity (Wildman–Crippen MR) is 57.6 cm³/mol. The third-order valence-electron chi connectivity index (χ3n) is 2.25. The fourth-order valence-electron chi connectivity index (χ4n) is 1.49. The second-order valence-electron chi connectivity index (χ2n) is 3.33. The van der Waals surface area contributed by atoms with Gasteiger partial charge in [0.2, 0.25) is 0 Å². The molecule has 1 nitrogen and oxygen atoms in total. The zero-order valence-electron chi connectivity index (χ0n) is 8.00. The summed E-state index contributed by atoms with van der Waals surface area (Å²) in [4.78, 5) is 3.34. The molecule has 84 valence electrons. The Balaban J connectivity index is 2.27. The van der Waals surface area contributed by atoms with Gasteiger partial charge >= 0.3 is 6.18 Å². The largest absolute Gasteiger partial charge is 0.431 e. The highest BCUT2D eigenvalue weighted by Crippen LogP contribution is 2.34. The van der Waals surface area contributed by atoms with Crippen LogP contribution in [0.2, 0.25) is 0 Å². The number of benzene rings is 1. The van der Waals surface area contributed by atoms with Gasteiger partial charge in [0.1, 0.15) is 11.1 Å². The summed E-state index contributed by atoms with van der Waals surface area (Å²) < 4.78 is 37.4. The summed E-state index contributed by atoms with van der Waals surface area (Å²) in [6, 6.07) is 8.68. The van der Waals surface area contributed by atoms with E-state index in [2.05, 4.69) is 4.99 Å². The van der Waals surface area contributed by atoms with E-state index in [9.17, 15) is 13.2 Å². The van der Waals surface area contributed by atoms with E-state index < -0.39 is 17.3 Å². The molecule has 1 aliphatic rings. The normalized spacial score (nSPS) is 20.6. The summed E-state index contributed by atoms with van der Waals surface area (Å²) in [5, 5.41) is -1.22. The first-order valence-electron chi connectivity index (χ1n) is 4.54. The van der Waals surface area contributed by atoms with E-state index in [1.165, 1.54) is 6.20 Å². The number of hydrogen-bond acceptors (Lipinski definition) is 1. The molecule has 0 radical (unpaired) electrons. The van der Waals surface area contributed by atoms with E-state index in [0.717, 1.165) is 0 Å². The Bertz CT molecular complexity index is 448. The zero-order valence-corrected chi connectivity index (χ0v) is 8.76. The van der Waals surface area contributed by atoms with Crippen LogP contribution in [0.1, 0.15) is 5.56 Å². The van der Waals surface area contributed by atoms with Crippen molar-refractivity contribution in [3.05, 3.63) is 42.1 Å². The molecule has 0 saturated carbocycles. The van der Waals surface area contributed by atoms with Crippen LogP contribution in [0, 0.1) is 0 Å². The fraction of sp³-hybridized carbons (Fsp3) is 0.182. The van der Waals surface area contributed by atoms with Crippen molar-refractivity contribution in [3.63, 3.8) is 0 Å². The van der Waals surface area contributed by atoms with Gasteiger partial charge in [0, 0.05) is 11.8 Å². The molecule has 0 saturated heterocycles. The summed E-state index contributed by atoms with van der Waals surface area (Å²) in [6.45, 7) is 0. The second kappa shape index (κ2) is 3.94. The second-order valence-corrected chi connectivity index (χ2v) is 3.76. The highest BCUT2D eigenvalue weighted by Gasteiger charge is 2.43. The molecule has 1 aromatic rings. The van der Waals surface area contributed by atoms with Crippen molar-refractivity contribution < 1.29 is 13.2 Å². The summed E-state index contributed by atoms with van der Waals surface area (Å²) in [7, 11) is 0. The van der Waals surface area contributed by atoms with Crippen molar-refractivity contribution in [2.45, 2.75) is 11.6 Å². The number of hydrogen-bond donors (Lipinski definition) is 0. The van der Waals surface area contributed by atoms with Gasteiger partial charge in [-0.25, -0.2) is 0 Å². The standard InChI is InChI=1S/C11H7ClF3N/c12-9-8(7-4-2-1-3-5-7)6-16-10(9)11(13,14)15/h1-6,9H/t9-/m1/s1. The molecule has 1 heterocycles. The Morgan fingerprint density at radius 3 is 2.25 bits per heavy atom. The van der Waals surface area contributed by atoms with Gasteiger partial charge < -0.3 is 0 Å². The first-order valence-corrected chi connectivity index (χ1v) is 4.98. The smallest absolute Gasteiger partial charge is 0.254 e. The van der Waals surface area contributed by atoms with Gasteiger partial charge in [-0.05, 0) is 5.56 Å². The number of allylic oxidation sites excluding steroid dienone is 1. The molecule has 1 atom stereocenters. The lowest BCUT2D eigenvalue weighted by Gasteiger charge is -2.12. The molecule has 0 bridgehead atoms. The van der Waals surface area contributed by atoms with E-state index in [1.54, 1.807) is 30.3 Å². The lowest BCUT2D eigenvalue weighted by atomic mass is 10.0. The monoisotopic (exact) mass is 245 g/mol. The van der Waals surface area contributed by atoms with Crippen LogP contribution in [0.15, 0.2) is 41.5 Å². The molecule has 1 aromatic carbocycles. The maximum absolute atomic E-state index is 12.5. The van der Waals surface area contributed by atoms with Crippen LogP contribution in [-0.2, 0) is 0 Å². The average Bonchev–Trinajstić information content (AvgIpc) is 2.61. The molecule has 1 aliphatic heterocycles. The summed E-state index contributed by atoms with van der Waals surface area (Å²) in [6.07, 6.45) is -3.30. The van der Waals surface area contributed by atoms with Gasteiger partial charge in [-0.3, -0.25) is 4.99 Å². The lowest BCUT2D eigenvalue weighted by molar-refractivity contribution is -0.0594. The van der Waals surface area contributed by atoms with Gasteiger partial charge in [0.15, 0.2) is 0 Å². The molecule has 0 fully saturated rings. The van der Waals surface area contributed by atoms with Gasteiger partial charge in [0.05, 0.1) is 0 Å². The van der Waals surface area contributed by atoms with Gasteiger partial charge in [-0.15, -0.1) is 11.6 Å². The topological polar surface area (TPSA) is 12.4 Å². The quantitative estimate of drug-likeness (QED) is 0.670. The van der Waals surface area contributed by atoms with Gasteiger partial charge in [-0.2, -0.15) is 13.2 Å². The number of alkyl halides is 4. The molecule has 5 heteroatoms. The van der Waals surface area contributed by atoms with Crippen LogP contribution in [-0.4, -0.2) is 17.3 Å². The Kier molecular flexibility index (Phi) is 2.76. The minimum absolute atomic E-state index is 0.384. The summed E-state index contributed by atoms with van der Waals surface area (Å²) >= 11 is 5.74. The van der Waals surface area contributed by atoms with E-state index >= 15 is 0 Å². The minimum atomic E-state index is -4.47. The molecule has 0 aliphatic carbocycles. The van der Waals surface area contributed by atoms with Crippen LogP contribution in [0.5, 0.6) is 0 Å². The van der Waals surface area contributed by atoms with Crippen molar-refractivity contribution in [3.8, 4) is 0 Å². The molecular formula is C11H7ClF3N. The number of rotatable bonds is 1. The molecule has 16 heavy (non-hydrogen) atoms. The molecule has 0 unspecified atom stereocenters. The van der Waals surface area contributed by atoms with Crippen molar-refractivity contribution in [2.75, 3.05) is 0 Å². The molecule has 0 aromatic heterocycles. The first-order chi connectivity index (χ1) is 7.50. The third kappa shape index (κ3) is 1.97. The Morgan fingerprint density at radius 1 is 1.12 bits per heavy atom. The van der Waals surface area contributed by atoms with E-state index in [-0.39, 0.29) is 0 Å². The van der Waals surface area contributed by atoms with Crippen LogP contribution in [0.3, 0.4) is 0 Å². The van der Waals surface area contributed by atoms with Crippen molar-refractivity contribution in [1.29, 1.82) is 0 Å². The van der Waals surface area contributed by atoms with Gasteiger partial charge in [0.25, 0.3) is 0 Å². The molecular weight excluding hydrogens is 239 g/mol. The maximum Gasteiger partial charge on any atom is 0.431 e. The van der Waals surface area contributed by atoms with Crippen LogP contribution < -0.4 is 0 Å². The number of nitrogens with zero attached hydrogens (tertiary/aromatic N) is 1. The average molecular weight is 246 g/mol. The number of aliphatic imine (C=N–C) groups is 1. The van der Waals surface area contributed by atoms with Gasteiger partial charge in [-0.1, -0.05) is 30.3 Å². The van der Waals surface area contributed by atoms with Crippen LogP contribution >= 0.6 is 11.6 Å². The molecule has 2 rings (SSSR count). The maximum atomic E-state index is 12.5. The zero-order chi connectivity index (χ0) is 11.8. The lowest BCUT2D eigenvalue weighted by Crippen LogP contribution is -2.29. The minimum Gasteiger partial charge on any atom is -0.254 e. The first kappa shape index (κ1) is 11.2. The predicted octanol–water partition coefficient (Wildman–Crippen LogP) is 3.65. The van der Waals surface area contributed by atoms with Crippen molar-refractivity contribution in [2.24, 2.45) is 4.99 Å². The molecule has 0 spiro atoms.